The summed E-state index contributed by atoms with van der Waals surface area (Å²) >= 11 is 0. The topological polar surface area (TPSA) is 191 Å². The summed E-state index contributed by atoms with van der Waals surface area (Å²) in [6.07, 6.45) is 0.236. The lowest BCUT2D eigenvalue weighted by Gasteiger charge is -2.50. The number of aliphatic hydroxyl groups excluding tert-OH is 2. The van der Waals surface area contributed by atoms with Gasteiger partial charge in [-0.05, 0) is 44.5 Å². The number of rotatable bonds is 3. The number of Topliss-reactive ketones (excluding diaryl/α,β-unsaturated/α-hetero) is 2. The summed E-state index contributed by atoms with van der Waals surface area (Å²) in [6, 6.07) is 0.522. The monoisotopic (exact) mass is 472 g/mol. The number of aliphatic hydroxyl groups is 3. The van der Waals surface area contributed by atoms with Gasteiger partial charge in [0.05, 0.1) is 17.3 Å². The number of fused-ring (bicyclic) bond motifs is 3. The number of nitrogen functional groups attached to an aromatic ring is 1. The van der Waals surface area contributed by atoms with E-state index in [4.69, 9.17) is 11.5 Å². The second kappa shape index (κ2) is 7.47. The van der Waals surface area contributed by atoms with Gasteiger partial charge in [-0.3, -0.25) is 19.3 Å². The minimum Gasteiger partial charge on any atom is -0.510 e. The molecular formula is C23H28N4O7. The lowest BCUT2D eigenvalue weighted by Crippen LogP contribution is -2.63. The summed E-state index contributed by atoms with van der Waals surface area (Å²) in [5, 5.41) is 44.2. The molecule has 0 radical (unpaired) electrons. The average molecular weight is 472 g/mol. The van der Waals surface area contributed by atoms with Crippen molar-refractivity contribution in [2.45, 2.75) is 24.5 Å². The fraction of sp³-hybridized carbons (Fsp3) is 0.435. The Morgan fingerprint density at radius 2 is 1.76 bits per heavy atom. The van der Waals surface area contributed by atoms with E-state index in [-0.39, 0.29) is 29.7 Å². The molecule has 0 saturated heterocycles. The van der Waals surface area contributed by atoms with E-state index in [1.54, 1.807) is 39.2 Å². The van der Waals surface area contributed by atoms with Gasteiger partial charge >= 0.3 is 0 Å². The second-order valence-corrected chi connectivity index (χ2v) is 9.54. The van der Waals surface area contributed by atoms with Crippen LogP contribution in [-0.4, -0.2) is 82.6 Å². The zero-order valence-corrected chi connectivity index (χ0v) is 19.3. The molecule has 0 spiro atoms. The molecule has 0 unspecified atom stereocenters. The van der Waals surface area contributed by atoms with Crippen LogP contribution in [-0.2, 0) is 16.0 Å². The minimum absolute atomic E-state index is 0.0315. The molecule has 0 saturated carbocycles. The second-order valence-electron chi connectivity index (χ2n) is 9.54. The number of allylic oxidation sites excluding steroid dienone is 1. The van der Waals surface area contributed by atoms with Crippen molar-refractivity contribution in [3.63, 3.8) is 0 Å². The first-order valence-electron chi connectivity index (χ1n) is 10.7. The van der Waals surface area contributed by atoms with Crippen molar-refractivity contribution in [1.29, 1.82) is 0 Å². The number of carbonyl (C=O) groups excluding carboxylic acids is 3. The number of hydrogen-bond donors (Lipinski definition) is 6. The Labute approximate surface area is 195 Å². The van der Waals surface area contributed by atoms with E-state index in [0.717, 1.165) is 0 Å². The highest BCUT2D eigenvalue weighted by molar-refractivity contribution is 6.25. The fourth-order valence-electron chi connectivity index (χ4n) is 5.72. The maximum atomic E-state index is 13.6. The Morgan fingerprint density at radius 1 is 1.15 bits per heavy atom. The largest absolute Gasteiger partial charge is 0.510 e. The third kappa shape index (κ3) is 2.86. The van der Waals surface area contributed by atoms with Gasteiger partial charge in [0.25, 0.3) is 5.91 Å². The Hall–Kier alpha value is -3.57. The van der Waals surface area contributed by atoms with Crippen molar-refractivity contribution in [1.82, 2.24) is 4.90 Å². The summed E-state index contributed by atoms with van der Waals surface area (Å²) < 4.78 is 0. The van der Waals surface area contributed by atoms with Crippen LogP contribution in [0.15, 0.2) is 28.7 Å². The third-order valence-corrected chi connectivity index (χ3v) is 7.21. The molecule has 4 rings (SSSR count). The van der Waals surface area contributed by atoms with E-state index in [1.807, 2.05) is 0 Å². The average Bonchev–Trinajstić information content (AvgIpc) is 2.72. The SMILES string of the molecule is CN(C)c1cc(N)c(O)c2c1C[C@H]1C[C@H]3[C@H](N(C)C)C(O)=C(C(N)=O)C(=O)[C@@]3(O)C(O)=C1C2=O. The number of aromatic hydroxyl groups is 1. The lowest BCUT2D eigenvalue weighted by atomic mass is 9.58. The predicted octanol–water partition coefficient (Wildman–Crippen LogP) is -0.231. The molecule has 34 heavy (non-hydrogen) atoms. The molecule has 1 aromatic carbocycles. The zero-order valence-electron chi connectivity index (χ0n) is 19.3. The van der Waals surface area contributed by atoms with Crippen LogP contribution in [0, 0.1) is 11.8 Å². The van der Waals surface area contributed by atoms with Crippen LogP contribution in [0.25, 0.3) is 0 Å². The van der Waals surface area contributed by atoms with Gasteiger partial charge in [0.15, 0.2) is 11.4 Å². The minimum atomic E-state index is -2.66. The Kier molecular flexibility index (Phi) is 5.18. The first-order valence-corrected chi connectivity index (χ1v) is 10.7. The first-order chi connectivity index (χ1) is 15.7. The normalized spacial score (nSPS) is 28.6. The standard InChI is InChI=1S/C23H28N4O7/c1-26(2)12-7-11(24)17(28)14-9(12)5-8-6-10-16(27(3)4)19(30)15(22(25)33)21(32)23(10,34)20(31)13(8)18(14)29/h7-8,10,16,28,30-31,34H,5-6,24H2,1-4H3,(H2,25,33)/t8-,10-,16-,23-/m0/s1. The van der Waals surface area contributed by atoms with Gasteiger partial charge in [-0.1, -0.05) is 0 Å². The van der Waals surface area contributed by atoms with Crippen LogP contribution in [0.3, 0.4) is 0 Å². The molecule has 0 aromatic heterocycles. The molecule has 1 aromatic rings. The molecule has 1 amide bonds. The zero-order chi connectivity index (χ0) is 25.4. The number of phenols is 1. The van der Waals surface area contributed by atoms with Crippen molar-refractivity contribution in [2.24, 2.45) is 17.6 Å². The van der Waals surface area contributed by atoms with Crippen molar-refractivity contribution in [3.8, 4) is 5.75 Å². The summed E-state index contributed by atoms with van der Waals surface area (Å²) in [7, 11) is 6.68. The van der Waals surface area contributed by atoms with Crippen LogP contribution in [0.4, 0.5) is 11.4 Å². The predicted molar refractivity (Wildman–Crippen MR) is 122 cm³/mol. The number of nitrogens with zero attached hydrogens (tertiary/aromatic N) is 2. The van der Waals surface area contributed by atoms with Gasteiger partial charge in [-0.25, -0.2) is 0 Å². The van der Waals surface area contributed by atoms with E-state index >= 15 is 0 Å². The van der Waals surface area contributed by atoms with E-state index in [2.05, 4.69) is 0 Å². The van der Waals surface area contributed by atoms with Crippen LogP contribution < -0.4 is 16.4 Å². The first kappa shape index (κ1) is 23.6. The highest BCUT2D eigenvalue weighted by Crippen LogP contribution is 2.53. The van der Waals surface area contributed by atoms with E-state index in [9.17, 15) is 34.8 Å². The highest BCUT2D eigenvalue weighted by Gasteiger charge is 2.63. The van der Waals surface area contributed by atoms with E-state index in [1.165, 1.54) is 4.90 Å². The van der Waals surface area contributed by atoms with E-state index in [0.29, 0.717) is 11.3 Å². The van der Waals surface area contributed by atoms with Gasteiger partial charge in [0.1, 0.15) is 22.8 Å². The quantitative estimate of drug-likeness (QED) is 0.195. The van der Waals surface area contributed by atoms with Crippen LogP contribution in [0.1, 0.15) is 22.3 Å². The number of amides is 1. The van der Waals surface area contributed by atoms with Gasteiger partial charge < -0.3 is 36.8 Å². The lowest BCUT2D eigenvalue weighted by molar-refractivity contribution is -0.148. The van der Waals surface area contributed by atoms with Gasteiger partial charge in [-0.2, -0.15) is 0 Å². The molecule has 11 heteroatoms. The van der Waals surface area contributed by atoms with Gasteiger partial charge in [-0.15, -0.1) is 0 Å². The molecule has 0 bridgehead atoms. The number of benzene rings is 1. The molecule has 0 heterocycles. The number of likely N-dealkylation sites (N-methyl/N-ethyl adjacent to an activating group) is 1. The highest BCUT2D eigenvalue weighted by atomic mass is 16.3. The Balaban J connectivity index is 2.00. The fourth-order valence-corrected chi connectivity index (χ4v) is 5.72. The van der Waals surface area contributed by atoms with Crippen molar-refractivity contribution >= 4 is 28.8 Å². The third-order valence-electron chi connectivity index (χ3n) is 7.21. The molecule has 0 aliphatic heterocycles. The van der Waals surface area contributed by atoms with Crippen molar-refractivity contribution in [2.75, 3.05) is 38.8 Å². The number of hydrogen-bond acceptors (Lipinski definition) is 10. The molecule has 3 aliphatic carbocycles. The molecule has 0 fully saturated rings. The van der Waals surface area contributed by atoms with Crippen molar-refractivity contribution in [3.05, 3.63) is 39.9 Å². The van der Waals surface area contributed by atoms with E-state index < -0.39 is 63.8 Å². The van der Waals surface area contributed by atoms with Crippen molar-refractivity contribution < 1.29 is 34.8 Å². The summed E-state index contributed by atoms with van der Waals surface area (Å²) in [5.74, 6) is -6.95. The maximum absolute atomic E-state index is 13.6. The Morgan fingerprint density at radius 3 is 2.29 bits per heavy atom. The number of anilines is 2. The summed E-state index contributed by atoms with van der Waals surface area (Å²) in [6.45, 7) is 0. The maximum Gasteiger partial charge on any atom is 0.255 e. The molecular weight excluding hydrogens is 444 g/mol. The van der Waals surface area contributed by atoms with Gasteiger partial charge in [0, 0.05) is 31.3 Å². The van der Waals surface area contributed by atoms with Crippen LogP contribution in [0.5, 0.6) is 5.75 Å². The summed E-state index contributed by atoms with van der Waals surface area (Å²) in [4.78, 5) is 42.1. The number of phenolic OH excluding ortho intramolecular Hbond substituents is 1. The molecule has 11 nitrogen and oxygen atoms in total. The van der Waals surface area contributed by atoms with Crippen LogP contribution >= 0.6 is 0 Å². The molecule has 4 atom stereocenters. The summed E-state index contributed by atoms with van der Waals surface area (Å²) in [5.41, 5.74) is 8.51. The number of ketones is 2. The molecule has 8 N–H and O–H groups in total. The van der Waals surface area contributed by atoms with Crippen LogP contribution in [0.2, 0.25) is 0 Å². The number of primary amides is 1. The van der Waals surface area contributed by atoms with Gasteiger partial charge in [0.2, 0.25) is 5.78 Å². The smallest absolute Gasteiger partial charge is 0.255 e. The Bertz CT molecular complexity index is 1220. The number of carbonyl (C=O) groups is 3. The number of nitrogens with two attached hydrogens (primary N) is 2. The molecule has 182 valence electrons. The molecule has 3 aliphatic rings.